The van der Waals surface area contributed by atoms with Gasteiger partial charge < -0.3 is 19.7 Å². The number of aliphatic hydroxyl groups is 1. The van der Waals surface area contributed by atoms with Gasteiger partial charge in [-0.25, -0.2) is 9.59 Å². The van der Waals surface area contributed by atoms with Crippen LogP contribution in [0.25, 0.3) is 0 Å². The lowest BCUT2D eigenvalue weighted by atomic mass is 10.4. The molecule has 0 unspecified atom stereocenters. The lowest BCUT2D eigenvalue weighted by Gasteiger charge is -1.97. The summed E-state index contributed by atoms with van der Waals surface area (Å²) in [6.07, 6.45) is -0.765. The smallest absolute Gasteiger partial charge is 0.478 e. The number of aliphatic carboxylic acids is 1. The Morgan fingerprint density at radius 3 is 2.07 bits per heavy atom. The van der Waals surface area contributed by atoms with Gasteiger partial charge in [-0.2, -0.15) is 0 Å². The van der Waals surface area contributed by atoms with Crippen molar-refractivity contribution >= 4 is 12.1 Å². The molecule has 0 aliphatic heterocycles. The van der Waals surface area contributed by atoms with Crippen LogP contribution in [0.15, 0.2) is 12.2 Å². The second kappa shape index (κ2) is 9.53. The van der Waals surface area contributed by atoms with Crippen molar-refractivity contribution in [3.8, 4) is 0 Å². The number of carboxylic acids is 1. The molecule has 6 nitrogen and oxygen atoms in total. The zero-order valence-corrected chi connectivity index (χ0v) is 8.15. The fourth-order valence-electron chi connectivity index (χ4n) is 0.188. The summed E-state index contributed by atoms with van der Waals surface area (Å²) in [7, 11) is 1.21. The normalized spacial score (nSPS) is 7.93. The van der Waals surface area contributed by atoms with Crippen molar-refractivity contribution in [1.29, 1.82) is 0 Å². The van der Waals surface area contributed by atoms with E-state index in [0.29, 0.717) is 0 Å². The van der Waals surface area contributed by atoms with Crippen LogP contribution in [0.3, 0.4) is 0 Å². The number of ether oxygens (including phenoxy) is 2. The Hall–Kier alpha value is -1.56. The maximum atomic E-state index is 10.0. The van der Waals surface area contributed by atoms with Crippen molar-refractivity contribution in [3.05, 3.63) is 12.2 Å². The molecule has 0 radical (unpaired) electrons. The molecule has 0 aliphatic rings. The van der Waals surface area contributed by atoms with Gasteiger partial charge in [0, 0.05) is 5.57 Å². The molecule has 0 spiro atoms. The molecular formula is C8H14O6. The molecule has 0 bridgehead atoms. The highest BCUT2D eigenvalue weighted by atomic mass is 16.7. The van der Waals surface area contributed by atoms with E-state index in [1.165, 1.54) is 14.0 Å². The van der Waals surface area contributed by atoms with Crippen molar-refractivity contribution in [2.75, 3.05) is 20.3 Å². The van der Waals surface area contributed by atoms with Gasteiger partial charge in [-0.3, -0.25) is 0 Å². The molecule has 0 aromatic rings. The second-order valence-electron chi connectivity index (χ2n) is 2.11. The maximum absolute atomic E-state index is 10.0. The van der Waals surface area contributed by atoms with Crippen molar-refractivity contribution < 1.29 is 29.3 Å². The van der Waals surface area contributed by atoms with E-state index in [0.717, 1.165) is 0 Å². The molecule has 6 heteroatoms. The Kier molecular flexibility index (Phi) is 10.2. The largest absolute Gasteiger partial charge is 0.508 e. The Balaban J connectivity index is 0. The molecule has 0 rings (SSSR count). The number of aliphatic hydroxyl groups excluding tert-OH is 1. The van der Waals surface area contributed by atoms with Crippen molar-refractivity contribution in [2.45, 2.75) is 6.92 Å². The number of rotatable bonds is 3. The zero-order valence-electron chi connectivity index (χ0n) is 8.15. The third kappa shape index (κ3) is 13.1. The van der Waals surface area contributed by atoms with Gasteiger partial charge in [0.05, 0.1) is 13.7 Å². The van der Waals surface area contributed by atoms with Gasteiger partial charge in [0.2, 0.25) is 0 Å². The first kappa shape index (κ1) is 14.9. The summed E-state index contributed by atoms with van der Waals surface area (Å²) < 4.78 is 8.31. The molecule has 0 amide bonds. The lowest BCUT2D eigenvalue weighted by Crippen LogP contribution is -2.07. The van der Waals surface area contributed by atoms with E-state index in [2.05, 4.69) is 16.1 Å². The minimum Gasteiger partial charge on any atom is -0.478 e. The first-order valence-electron chi connectivity index (χ1n) is 3.66. The monoisotopic (exact) mass is 206 g/mol. The first-order valence-corrected chi connectivity index (χ1v) is 3.66. The van der Waals surface area contributed by atoms with Gasteiger partial charge in [-0.15, -0.1) is 0 Å². The number of carboxylic acid groups (broad SMARTS) is 1. The predicted octanol–water partition coefficient (Wildman–Crippen LogP) is 0.409. The molecule has 0 fully saturated rings. The zero-order chi connectivity index (χ0) is 11.6. The first-order chi connectivity index (χ1) is 6.45. The quantitative estimate of drug-likeness (QED) is 0.513. The van der Waals surface area contributed by atoms with Crippen LogP contribution in [0.5, 0.6) is 0 Å². The van der Waals surface area contributed by atoms with Crippen LogP contribution >= 0.6 is 0 Å². The molecule has 0 heterocycles. The summed E-state index contributed by atoms with van der Waals surface area (Å²) in [5, 5.41) is 16.0. The van der Waals surface area contributed by atoms with Crippen LogP contribution in [0.4, 0.5) is 4.79 Å². The standard InChI is InChI=1S/C4H8O4.C4H6O2/c1-7-4(6)8-3-2-5;1-3(2)4(5)6/h5H,2-3H2,1H3;1H2,2H3,(H,5,6). The average molecular weight is 206 g/mol. The van der Waals surface area contributed by atoms with Crippen molar-refractivity contribution in [2.24, 2.45) is 0 Å². The van der Waals surface area contributed by atoms with E-state index in [1.807, 2.05) is 0 Å². The summed E-state index contributed by atoms with van der Waals surface area (Å²) >= 11 is 0. The molecular weight excluding hydrogens is 192 g/mol. The highest BCUT2D eigenvalue weighted by molar-refractivity contribution is 5.84. The summed E-state index contributed by atoms with van der Waals surface area (Å²) in [5.74, 6) is -0.935. The number of hydrogen-bond acceptors (Lipinski definition) is 5. The molecule has 2 N–H and O–H groups in total. The van der Waals surface area contributed by atoms with Gasteiger partial charge in [0.25, 0.3) is 0 Å². The molecule has 0 aliphatic carbocycles. The number of methoxy groups -OCH3 is 1. The molecule has 0 saturated carbocycles. The van der Waals surface area contributed by atoms with Gasteiger partial charge in [0.15, 0.2) is 0 Å². The van der Waals surface area contributed by atoms with Crippen LogP contribution in [0.2, 0.25) is 0 Å². The van der Waals surface area contributed by atoms with E-state index in [9.17, 15) is 9.59 Å². The van der Waals surface area contributed by atoms with Crippen LogP contribution in [-0.4, -0.2) is 42.7 Å². The molecule has 14 heavy (non-hydrogen) atoms. The molecule has 0 aromatic heterocycles. The molecule has 0 saturated heterocycles. The topological polar surface area (TPSA) is 93.1 Å². The van der Waals surface area contributed by atoms with Gasteiger partial charge >= 0.3 is 12.1 Å². The SMILES string of the molecule is C=C(C)C(=O)O.COC(=O)OCCO. The minimum absolute atomic E-state index is 0.00727. The summed E-state index contributed by atoms with van der Waals surface area (Å²) in [5.41, 5.74) is 0.176. The summed E-state index contributed by atoms with van der Waals surface area (Å²) in [6, 6.07) is 0. The Morgan fingerprint density at radius 2 is 1.86 bits per heavy atom. The lowest BCUT2D eigenvalue weighted by molar-refractivity contribution is -0.132. The minimum atomic E-state index is -0.935. The van der Waals surface area contributed by atoms with Crippen LogP contribution in [0, 0.1) is 0 Å². The highest BCUT2D eigenvalue weighted by Crippen LogP contribution is 1.81. The number of carbonyl (C=O) groups is 2. The predicted molar refractivity (Wildman–Crippen MR) is 47.9 cm³/mol. The van der Waals surface area contributed by atoms with E-state index in [4.69, 9.17) is 10.2 Å². The Labute approximate surface area is 81.7 Å². The summed E-state index contributed by atoms with van der Waals surface area (Å²) in [4.78, 5) is 19.6. The van der Waals surface area contributed by atoms with Gasteiger partial charge in [-0.05, 0) is 6.92 Å². The van der Waals surface area contributed by atoms with Gasteiger partial charge in [-0.1, -0.05) is 6.58 Å². The van der Waals surface area contributed by atoms with Crippen LogP contribution in [-0.2, 0) is 14.3 Å². The van der Waals surface area contributed by atoms with Gasteiger partial charge in [0.1, 0.15) is 6.61 Å². The fourth-order valence-corrected chi connectivity index (χ4v) is 0.188. The molecule has 0 aromatic carbocycles. The third-order valence-electron chi connectivity index (χ3n) is 0.843. The van der Waals surface area contributed by atoms with Crippen molar-refractivity contribution in [1.82, 2.24) is 0 Å². The van der Waals surface area contributed by atoms with E-state index < -0.39 is 12.1 Å². The van der Waals surface area contributed by atoms with E-state index >= 15 is 0 Å². The fraction of sp³-hybridized carbons (Fsp3) is 0.500. The molecule has 82 valence electrons. The number of carbonyl (C=O) groups excluding carboxylic acids is 1. The van der Waals surface area contributed by atoms with Crippen LogP contribution in [0.1, 0.15) is 6.92 Å². The van der Waals surface area contributed by atoms with E-state index in [-0.39, 0.29) is 18.8 Å². The van der Waals surface area contributed by atoms with Crippen molar-refractivity contribution in [3.63, 3.8) is 0 Å². The third-order valence-corrected chi connectivity index (χ3v) is 0.843. The maximum Gasteiger partial charge on any atom is 0.508 e. The number of hydrogen-bond donors (Lipinski definition) is 2. The Bertz CT molecular complexity index is 186. The van der Waals surface area contributed by atoms with Crippen LogP contribution < -0.4 is 0 Å². The summed E-state index contributed by atoms with van der Waals surface area (Å²) in [6.45, 7) is 4.42. The highest BCUT2D eigenvalue weighted by Gasteiger charge is 1.95. The average Bonchev–Trinajstić information content (AvgIpc) is 2.14. The molecule has 0 atom stereocenters. The van der Waals surface area contributed by atoms with E-state index in [1.54, 1.807) is 0 Å². The Morgan fingerprint density at radius 1 is 1.43 bits per heavy atom. The second-order valence-corrected chi connectivity index (χ2v) is 2.11.